The lowest BCUT2D eigenvalue weighted by atomic mass is 9.94. The normalized spacial score (nSPS) is 35.1. The fourth-order valence-electron chi connectivity index (χ4n) is 3.15. The zero-order chi connectivity index (χ0) is 17.8. The van der Waals surface area contributed by atoms with Crippen molar-refractivity contribution < 1.29 is 28.5 Å². The molecular weight excluding hydrogens is 343 g/mol. The van der Waals surface area contributed by atoms with Gasteiger partial charge in [0.1, 0.15) is 18.3 Å². The highest BCUT2D eigenvalue weighted by Gasteiger charge is 2.50. The van der Waals surface area contributed by atoms with E-state index in [1.54, 1.807) is 0 Å². The third kappa shape index (κ3) is 4.46. The lowest BCUT2D eigenvalue weighted by molar-refractivity contribution is -0.311. The summed E-state index contributed by atoms with van der Waals surface area (Å²) in [5.41, 5.74) is 1.04. The van der Waals surface area contributed by atoms with E-state index < -0.39 is 18.2 Å². The molecule has 2 aliphatic rings. The number of esters is 1. The number of carbonyl (C=O) groups is 1. The lowest BCUT2D eigenvalue weighted by Gasteiger charge is -2.47. The maximum absolute atomic E-state index is 11.5. The first-order chi connectivity index (χ1) is 12.1. The first kappa shape index (κ1) is 18.5. The van der Waals surface area contributed by atoms with E-state index in [1.807, 2.05) is 37.3 Å². The Balaban J connectivity index is 1.79. The van der Waals surface area contributed by atoms with Crippen LogP contribution in [0.5, 0.6) is 0 Å². The highest BCUT2D eigenvalue weighted by Crippen LogP contribution is 2.34. The molecule has 0 amide bonds. The highest BCUT2D eigenvalue weighted by molar-refractivity contribution is 7.36. The number of carbonyl (C=O) groups excluding carboxylic acids is 1. The molecule has 1 aromatic rings. The van der Waals surface area contributed by atoms with Crippen LogP contribution in [0.3, 0.4) is 0 Å². The Hall–Kier alpha value is -1.30. The summed E-state index contributed by atoms with van der Waals surface area (Å²) in [5.74, 6) is -0.369. The molecule has 0 aliphatic carbocycles. The van der Waals surface area contributed by atoms with Gasteiger partial charge in [-0.2, -0.15) is 0 Å². The van der Waals surface area contributed by atoms with Crippen molar-refractivity contribution in [3.05, 3.63) is 35.9 Å². The van der Waals surface area contributed by atoms with E-state index >= 15 is 0 Å². The molecule has 6 atom stereocenters. The van der Waals surface area contributed by atoms with Gasteiger partial charge in [0.05, 0.1) is 19.3 Å². The van der Waals surface area contributed by atoms with E-state index in [-0.39, 0.29) is 24.3 Å². The van der Waals surface area contributed by atoms with Crippen LogP contribution >= 0.6 is 8.20 Å². The van der Waals surface area contributed by atoms with Crippen molar-refractivity contribution in [1.82, 2.24) is 0 Å². The van der Waals surface area contributed by atoms with Crippen LogP contribution in [0.15, 0.2) is 30.3 Å². The molecular formula is C18H23O6P. The van der Waals surface area contributed by atoms with Gasteiger partial charge in [-0.25, -0.2) is 0 Å². The largest absolute Gasteiger partial charge is 0.457 e. The summed E-state index contributed by atoms with van der Waals surface area (Å²) in [5, 5.41) is 0. The third-order valence-electron chi connectivity index (χ3n) is 4.28. The van der Waals surface area contributed by atoms with Crippen LogP contribution in [-0.2, 0) is 35.1 Å². The van der Waals surface area contributed by atoms with Crippen LogP contribution in [-0.4, -0.2) is 55.4 Å². The number of fused-ring (bicyclic) bond motifs is 1. The second-order valence-corrected chi connectivity index (χ2v) is 6.93. The second kappa shape index (κ2) is 8.39. The van der Waals surface area contributed by atoms with E-state index in [9.17, 15) is 4.79 Å². The summed E-state index contributed by atoms with van der Waals surface area (Å²) < 4.78 is 29.1. The molecule has 0 spiro atoms. The average molecular weight is 366 g/mol. The fourth-order valence-corrected chi connectivity index (χ4v) is 3.57. The Morgan fingerprint density at radius 2 is 2.04 bits per heavy atom. The summed E-state index contributed by atoms with van der Waals surface area (Å²) in [7, 11) is 0.733. The summed E-state index contributed by atoms with van der Waals surface area (Å²) in [6, 6.07) is 9.42. The summed E-state index contributed by atoms with van der Waals surface area (Å²) in [4.78, 5) is 11.5. The van der Waals surface area contributed by atoms with Gasteiger partial charge in [0.15, 0.2) is 12.1 Å². The van der Waals surface area contributed by atoms with Gasteiger partial charge in [-0.3, -0.25) is 4.79 Å². The summed E-state index contributed by atoms with van der Waals surface area (Å²) in [6.07, 6.45) is 1.87. The van der Waals surface area contributed by atoms with Gasteiger partial charge in [-0.1, -0.05) is 36.6 Å². The molecule has 0 radical (unpaired) electrons. The molecule has 2 aliphatic heterocycles. The van der Waals surface area contributed by atoms with Gasteiger partial charge >= 0.3 is 5.97 Å². The van der Waals surface area contributed by atoms with Crippen molar-refractivity contribution >= 4 is 20.5 Å². The fraction of sp³-hybridized carbons (Fsp3) is 0.556. The SMILES string of the molecule is C=PC1OCC2OC(C)C(OC(C)=O)C(OCc3ccccc3)C2O1. The smallest absolute Gasteiger partial charge is 0.303 e. The van der Waals surface area contributed by atoms with Gasteiger partial charge in [0, 0.05) is 6.92 Å². The maximum Gasteiger partial charge on any atom is 0.303 e. The third-order valence-corrected chi connectivity index (χ3v) is 4.85. The Morgan fingerprint density at radius 1 is 1.28 bits per heavy atom. The van der Waals surface area contributed by atoms with Crippen molar-refractivity contribution in [3.63, 3.8) is 0 Å². The quantitative estimate of drug-likeness (QED) is 0.589. The van der Waals surface area contributed by atoms with Crippen molar-refractivity contribution in [2.75, 3.05) is 6.61 Å². The van der Waals surface area contributed by atoms with Gasteiger partial charge in [0.2, 0.25) is 0 Å². The zero-order valence-corrected chi connectivity index (χ0v) is 15.3. The summed E-state index contributed by atoms with van der Waals surface area (Å²) in [6.45, 7) is 4.06. The predicted octanol–water partition coefficient (Wildman–Crippen LogP) is 2.37. The standard InChI is InChI=1S/C18H23O6P/c1-11-15(23-12(2)19)17(20-9-13-7-5-4-6-8-13)16-14(22-11)10-21-18(24-16)25-3/h4-8,11,14-18H,3,9-10H2,1-2H3. The molecule has 6 nitrogen and oxygen atoms in total. The molecule has 7 heteroatoms. The Kier molecular flexibility index (Phi) is 6.20. The van der Waals surface area contributed by atoms with Crippen LogP contribution in [0, 0.1) is 0 Å². The molecule has 25 heavy (non-hydrogen) atoms. The minimum Gasteiger partial charge on any atom is -0.457 e. The van der Waals surface area contributed by atoms with Crippen LogP contribution in [0.1, 0.15) is 19.4 Å². The van der Waals surface area contributed by atoms with E-state index in [0.29, 0.717) is 13.2 Å². The first-order valence-electron chi connectivity index (χ1n) is 8.29. The van der Waals surface area contributed by atoms with Crippen molar-refractivity contribution in [2.45, 2.75) is 57.0 Å². The number of rotatable bonds is 5. The molecule has 0 bridgehead atoms. The molecule has 2 fully saturated rings. The molecule has 0 N–H and O–H groups in total. The molecule has 2 saturated heterocycles. The van der Waals surface area contributed by atoms with Crippen molar-refractivity contribution in [2.24, 2.45) is 0 Å². The minimum absolute atomic E-state index is 0.263. The van der Waals surface area contributed by atoms with Crippen LogP contribution in [0.4, 0.5) is 0 Å². The van der Waals surface area contributed by atoms with Crippen molar-refractivity contribution in [3.8, 4) is 0 Å². The number of ether oxygens (including phenoxy) is 5. The molecule has 6 unspecified atom stereocenters. The van der Waals surface area contributed by atoms with Crippen molar-refractivity contribution in [1.29, 1.82) is 0 Å². The van der Waals surface area contributed by atoms with Gasteiger partial charge in [-0.15, -0.1) is 0 Å². The molecule has 0 saturated carbocycles. The second-order valence-electron chi connectivity index (χ2n) is 6.14. The zero-order valence-electron chi connectivity index (χ0n) is 14.4. The van der Waals surface area contributed by atoms with Gasteiger partial charge in [-0.05, 0) is 20.7 Å². The van der Waals surface area contributed by atoms with Crippen LogP contribution in [0.25, 0.3) is 0 Å². The topological polar surface area (TPSA) is 63.2 Å². The van der Waals surface area contributed by atoms with E-state index in [4.69, 9.17) is 23.7 Å². The highest BCUT2D eigenvalue weighted by atomic mass is 31.1. The maximum atomic E-state index is 11.5. The van der Waals surface area contributed by atoms with E-state index in [1.165, 1.54) is 6.92 Å². The molecule has 136 valence electrons. The predicted molar refractivity (Wildman–Crippen MR) is 93.6 cm³/mol. The Labute approximate surface area is 149 Å². The molecule has 3 rings (SSSR count). The minimum atomic E-state index is -0.539. The number of hydrogen-bond acceptors (Lipinski definition) is 6. The number of hydrogen-bond donors (Lipinski definition) is 0. The van der Waals surface area contributed by atoms with Crippen LogP contribution < -0.4 is 0 Å². The number of benzene rings is 1. The van der Waals surface area contributed by atoms with Gasteiger partial charge < -0.3 is 23.7 Å². The monoisotopic (exact) mass is 366 g/mol. The Morgan fingerprint density at radius 3 is 2.72 bits per heavy atom. The lowest BCUT2D eigenvalue weighted by Crippen LogP contribution is -2.63. The Bertz CT molecular complexity index is 594. The summed E-state index contributed by atoms with van der Waals surface area (Å²) >= 11 is 0. The average Bonchev–Trinajstić information content (AvgIpc) is 2.61. The molecule has 1 aromatic carbocycles. The molecule has 2 heterocycles. The molecule has 0 aromatic heterocycles. The van der Waals surface area contributed by atoms with E-state index in [2.05, 4.69) is 6.30 Å². The van der Waals surface area contributed by atoms with E-state index in [0.717, 1.165) is 13.8 Å². The first-order valence-corrected chi connectivity index (χ1v) is 9.44. The van der Waals surface area contributed by atoms with Crippen LogP contribution in [0.2, 0.25) is 0 Å². The van der Waals surface area contributed by atoms with Gasteiger partial charge in [0.25, 0.3) is 0 Å².